The Kier molecular flexibility index (Phi) is 6.23. The number of carboxylic acid groups (broad SMARTS) is 1. The minimum absolute atomic E-state index is 0.0128. The molecule has 164 valence electrons. The lowest BCUT2D eigenvalue weighted by Crippen LogP contribution is -2.25. The highest BCUT2D eigenvalue weighted by molar-refractivity contribution is 7.17. The minimum atomic E-state index is -1.13. The van der Waals surface area contributed by atoms with Crippen LogP contribution < -0.4 is 15.0 Å². The van der Waals surface area contributed by atoms with Gasteiger partial charge in [0.15, 0.2) is 0 Å². The van der Waals surface area contributed by atoms with Gasteiger partial charge in [-0.1, -0.05) is 29.8 Å². The van der Waals surface area contributed by atoms with E-state index in [1.54, 1.807) is 11.7 Å². The SMILES string of the molecule is COc1ccc(OCCCn2c(-c3ccc(C)cc3)nc3scc(C(=O)O)c3c2=O)cc1. The average molecular weight is 451 g/mol. The van der Waals surface area contributed by atoms with Crippen LogP contribution >= 0.6 is 11.3 Å². The molecule has 0 amide bonds. The lowest BCUT2D eigenvalue weighted by atomic mass is 10.1. The zero-order valence-corrected chi connectivity index (χ0v) is 18.5. The molecule has 4 rings (SSSR count). The Bertz CT molecular complexity index is 1310. The molecule has 0 aliphatic heterocycles. The number of aromatic nitrogens is 2. The van der Waals surface area contributed by atoms with E-state index in [4.69, 9.17) is 9.47 Å². The van der Waals surface area contributed by atoms with Crippen molar-refractivity contribution in [2.75, 3.05) is 13.7 Å². The quantitative estimate of drug-likeness (QED) is 0.394. The molecule has 4 aromatic rings. The molecule has 2 aromatic carbocycles. The van der Waals surface area contributed by atoms with Gasteiger partial charge in [-0.25, -0.2) is 9.78 Å². The number of ether oxygens (including phenoxy) is 2. The number of nitrogens with zero attached hydrogens (tertiary/aromatic N) is 2. The van der Waals surface area contributed by atoms with Crippen LogP contribution in [0.2, 0.25) is 0 Å². The summed E-state index contributed by atoms with van der Waals surface area (Å²) in [6, 6.07) is 15.0. The predicted molar refractivity (Wildman–Crippen MR) is 124 cm³/mol. The van der Waals surface area contributed by atoms with E-state index in [-0.39, 0.29) is 16.5 Å². The summed E-state index contributed by atoms with van der Waals surface area (Å²) in [5, 5.41) is 11.1. The molecule has 8 heteroatoms. The number of carboxylic acids is 1. The van der Waals surface area contributed by atoms with Crippen molar-refractivity contribution in [3.05, 3.63) is 75.4 Å². The molecular formula is C24H22N2O5S. The van der Waals surface area contributed by atoms with Crippen LogP contribution in [0.1, 0.15) is 22.3 Å². The first-order chi connectivity index (χ1) is 15.5. The largest absolute Gasteiger partial charge is 0.497 e. The molecule has 0 aliphatic rings. The molecule has 0 saturated carbocycles. The number of hydrogen-bond donors (Lipinski definition) is 1. The van der Waals surface area contributed by atoms with E-state index in [1.165, 1.54) is 16.7 Å². The lowest BCUT2D eigenvalue weighted by molar-refractivity contribution is 0.0699. The van der Waals surface area contributed by atoms with Crippen LogP contribution in [0.25, 0.3) is 21.6 Å². The fourth-order valence-electron chi connectivity index (χ4n) is 3.40. The Morgan fingerprint density at radius 3 is 2.44 bits per heavy atom. The number of fused-ring (bicyclic) bond motifs is 1. The van der Waals surface area contributed by atoms with E-state index in [0.29, 0.717) is 36.0 Å². The van der Waals surface area contributed by atoms with Gasteiger partial charge in [-0.05, 0) is 37.6 Å². The molecule has 0 atom stereocenters. The Morgan fingerprint density at radius 1 is 1.09 bits per heavy atom. The number of benzene rings is 2. The summed E-state index contributed by atoms with van der Waals surface area (Å²) in [5.74, 6) is 0.839. The fourth-order valence-corrected chi connectivity index (χ4v) is 4.30. The summed E-state index contributed by atoms with van der Waals surface area (Å²) in [6.07, 6.45) is 0.546. The maximum absolute atomic E-state index is 13.3. The van der Waals surface area contributed by atoms with Gasteiger partial charge in [0.1, 0.15) is 22.2 Å². The van der Waals surface area contributed by atoms with Crippen LogP contribution in [0, 0.1) is 6.92 Å². The topological polar surface area (TPSA) is 90.7 Å². The molecule has 7 nitrogen and oxygen atoms in total. The lowest BCUT2D eigenvalue weighted by Gasteiger charge is -2.14. The van der Waals surface area contributed by atoms with Crippen molar-refractivity contribution in [1.29, 1.82) is 0 Å². The normalized spacial score (nSPS) is 10.9. The van der Waals surface area contributed by atoms with E-state index in [2.05, 4.69) is 4.98 Å². The van der Waals surface area contributed by atoms with Gasteiger partial charge in [-0.15, -0.1) is 11.3 Å². The highest BCUT2D eigenvalue weighted by atomic mass is 32.1. The molecule has 0 unspecified atom stereocenters. The molecule has 1 N–H and O–H groups in total. The first-order valence-electron chi connectivity index (χ1n) is 10.1. The van der Waals surface area contributed by atoms with Crippen LogP contribution in [-0.2, 0) is 6.54 Å². The minimum Gasteiger partial charge on any atom is -0.497 e. The molecule has 0 spiro atoms. The number of aryl methyl sites for hydroxylation is 1. The van der Waals surface area contributed by atoms with E-state index >= 15 is 0 Å². The van der Waals surface area contributed by atoms with Gasteiger partial charge < -0.3 is 14.6 Å². The van der Waals surface area contributed by atoms with Gasteiger partial charge in [-0.3, -0.25) is 9.36 Å². The average Bonchev–Trinajstić information content (AvgIpc) is 3.23. The Morgan fingerprint density at radius 2 is 1.78 bits per heavy atom. The standard InChI is InChI=1S/C24H22N2O5S/c1-15-4-6-16(7-5-15)21-25-22-20(19(14-32-22)24(28)29)23(27)26(21)12-3-13-31-18-10-8-17(30-2)9-11-18/h4-11,14H,3,12-13H2,1-2H3,(H,28,29). The number of rotatable bonds is 8. The van der Waals surface area contributed by atoms with Gasteiger partial charge in [-0.2, -0.15) is 0 Å². The van der Waals surface area contributed by atoms with Crippen molar-refractivity contribution in [3.8, 4) is 22.9 Å². The number of aromatic carboxylic acids is 1. The van der Waals surface area contributed by atoms with Crippen LogP contribution in [0.15, 0.2) is 58.7 Å². The van der Waals surface area contributed by atoms with Crippen molar-refractivity contribution in [2.24, 2.45) is 0 Å². The molecule has 32 heavy (non-hydrogen) atoms. The molecule has 0 bridgehead atoms. The molecule has 2 heterocycles. The molecule has 0 radical (unpaired) electrons. The number of hydrogen-bond acceptors (Lipinski definition) is 6. The maximum Gasteiger partial charge on any atom is 0.337 e. The molecule has 0 fully saturated rings. The van der Waals surface area contributed by atoms with E-state index < -0.39 is 5.97 Å². The van der Waals surface area contributed by atoms with Crippen LogP contribution in [0.4, 0.5) is 0 Å². The number of carbonyl (C=O) groups is 1. The van der Waals surface area contributed by atoms with Crippen molar-refractivity contribution >= 4 is 27.5 Å². The predicted octanol–water partition coefficient (Wildman–Crippen LogP) is 4.61. The van der Waals surface area contributed by atoms with E-state index in [1.807, 2.05) is 55.5 Å². The third-order valence-corrected chi connectivity index (χ3v) is 5.96. The van der Waals surface area contributed by atoms with Gasteiger partial charge in [0.05, 0.1) is 24.7 Å². The van der Waals surface area contributed by atoms with Crippen molar-refractivity contribution in [1.82, 2.24) is 9.55 Å². The monoisotopic (exact) mass is 450 g/mol. The maximum atomic E-state index is 13.3. The fraction of sp³-hybridized carbons (Fsp3) is 0.208. The van der Waals surface area contributed by atoms with Crippen molar-refractivity contribution < 1.29 is 19.4 Å². The zero-order chi connectivity index (χ0) is 22.7. The Labute approximate surface area is 188 Å². The summed E-state index contributed by atoms with van der Waals surface area (Å²) in [5.41, 5.74) is 1.53. The molecular weight excluding hydrogens is 428 g/mol. The van der Waals surface area contributed by atoms with Crippen LogP contribution in [-0.4, -0.2) is 34.3 Å². The van der Waals surface area contributed by atoms with Gasteiger partial charge in [0, 0.05) is 17.5 Å². The second kappa shape index (κ2) is 9.23. The third-order valence-electron chi connectivity index (χ3n) is 5.09. The Hall–Kier alpha value is -3.65. The molecule has 2 aromatic heterocycles. The van der Waals surface area contributed by atoms with E-state index in [9.17, 15) is 14.7 Å². The molecule has 0 aliphatic carbocycles. The zero-order valence-electron chi connectivity index (χ0n) is 17.7. The van der Waals surface area contributed by atoms with Gasteiger partial charge >= 0.3 is 5.97 Å². The van der Waals surface area contributed by atoms with Crippen molar-refractivity contribution in [2.45, 2.75) is 19.9 Å². The second-order valence-corrected chi connectivity index (χ2v) is 8.13. The van der Waals surface area contributed by atoms with Crippen LogP contribution in [0.5, 0.6) is 11.5 Å². The van der Waals surface area contributed by atoms with Crippen LogP contribution in [0.3, 0.4) is 0 Å². The summed E-state index contributed by atoms with van der Waals surface area (Å²) >= 11 is 1.17. The Balaban J connectivity index is 1.64. The van der Waals surface area contributed by atoms with Gasteiger partial charge in [0.2, 0.25) is 0 Å². The summed E-state index contributed by atoms with van der Waals surface area (Å²) in [4.78, 5) is 30.0. The number of methoxy groups -OCH3 is 1. The third kappa shape index (κ3) is 4.36. The second-order valence-electron chi connectivity index (χ2n) is 7.27. The highest BCUT2D eigenvalue weighted by Crippen LogP contribution is 2.26. The first-order valence-corrected chi connectivity index (χ1v) is 10.9. The number of thiophene rings is 1. The summed E-state index contributed by atoms with van der Waals surface area (Å²) < 4.78 is 12.5. The molecule has 0 saturated heterocycles. The summed E-state index contributed by atoms with van der Waals surface area (Å²) in [6.45, 7) is 2.72. The van der Waals surface area contributed by atoms with Crippen molar-refractivity contribution in [3.63, 3.8) is 0 Å². The van der Waals surface area contributed by atoms with E-state index in [0.717, 1.165) is 16.9 Å². The highest BCUT2D eigenvalue weighted by Gasteiger charge is 2.20. The summed E-state index contributed by atoms with van der Waals surface area (Å²) in [7, 11) is 1.60. The van der Waals surface area contributed by atoms with Gasteiger partial charge in [0.25, 0.3) is 5.56 Å². The smallest absolute Gasteiger partial charge is 0.337 e. The first kappa shape index (κ1) is 21.6.